The maximum atomic E-state index is 12.8. The van der Waals surface area contributed by atoms with Crippen LogP contribution >= 0.6 is 0 Å². The van der Waals surface area contributed by atoms with Crippen LogP contribution in [0.3, 0.4) is 0 Å². The van der Waals surface area contributed by atoms with Gasteiger partial charge in [-0.3, -0.25) is 14.2 Å². The van der Waals surface area contributed by atoms with Crippen LogP contribution in [0.4, 0.5) is 13.2 Å². The molecule has 0 saturated heterocycles. The van der Waals surface area contributed by atoms with Crippen molar-refractivity contribution < 1.29 is 18.0 Å². The Morgan fingerprint density at radius 2 is 2.08 bits per heavy atom. The lowest BCUT2D eigenvalue weighted by molar-refractivity contribution is -0.141. The number of nitrogens with zero attached hydrogens (tertiary/aromatic N) is 4. The number of carbonyl (C=O) groups excluding carboxylic acids is 1. The highest BCUT2D eigenvalue weighted by Gasteiger charge is 2.37. The van der Waals surface area contributed by atoms with Crippen molar-refractivity contribution in [1.29, 1.82) is 0 Å². The highest BCUT2D eigenvalue weighted by molar-refractivity contribution is 5.75. The number of hydrogen-bond donors (Lipinski definition) is 1. The van der Waals surface area contributed by atoms with E-state index in [0.29, 0.717) is 18.8 Å². The minimum absolute atomic E-state index is 0.111. The third-order valence-electron chi connectivity index (χ3n) is 4.31. The van der Waals surface area contributed by atoms with Gasteiger partial charge in [-0.05, 0) is 38.3 Å². The molecular formula is C17H22F3N5O. The Labute approximate surface area is 149 Å². The summed E-state index contributed by atoms with van der Waals surface area (Å²) in [7, 11) is 0. The van der Waals surface area contributed by atoms with E-state index in [-0.39, 0.29) is 24.8 Å². The van der Waals surface area contributed by atoms with E-state index in [1.165, 1.54) is 4.68 Å². The van der Waals surface area contributed by atoms with Crippen LogP contribution in [0.2, 0.25) is 0 Å². The normalized spacial score (nSPS) is 14.6. The lowest BCUT2D eigenvalue weighted by Crippen LogP contribution is -2.26. The fraction of sp³-hybridized carbons (Fsp3) is 0.588. The molecule has 1 aliphatic carbocycles. The van der Waals surface area contributed by atoms with Crippen molar-refractivity contribution in [2.24, 2.45) is 0 Å². The van der Waals surface area contributed by atoms with Gasteiger partial charge in [0.1, 0.15) is 0 Å². The van der Waals surface area contributed by atoms with Crippen molar-refractivity contribution in [3.05, 3.63) is 35.4 Å². The quantitative estimate of drug-likeness (QED) is 0.728. The maximum Gasteiger partial charge on any atom is 0.435 e. The molecule has 1 amide bonds. The van der Waals surface area contributed by atoms with Crippen LogP contribution in [0.1, 0.15) is 48.7 Å². The third kappa shape index (κ3) is 4.86. The Bertz CT molecular complexity index is 761. The van der Waals surface area contributed by atoms with E-state index in [4.69, 9.17) is 0 Å². The van der Waals surface area contributed by atoms with E-state index in [1.807, 2.05) is 23.9 Å². The monoisotopic (exact) mass is 369 g/mol. The lowest BCUT2D eigenvalue weighted by Gasteiger charge is -2.08. The Kier molecular flexibility index (Phi) is 5.33. The zero-order valence-electron chi connectivity index (χ0n) is 14.6. The van der Waals surface area contributed by atoms with Gasteiger partial charge in [0.25, 0.3) is 0 Å². The van der Waals surface area contributed by atoms with Crippen LogP contribution in [0.15, 0.2) is 18.3 Å². The van der Waals surface area contributed by atoms with Gasteiger partial charge in [-0.1, -0.05) is 0 Å². The van der Waals surface area contributed by atoms with Gasteiger partial charge in [0.2, 0.25) is 5.91 Å². The molecule has 0 aromatic carbocycles. The molecule has 142 valence electrons. The summed E-state index contributed by atoms with van der Waals surface area (Å²) in [5.74, 6) is -0.0494. The first-order valence-corrected chi connectivity index (χ1v) is 8.74. The Morgan fingerprint density at radius 1 is 1.31 bits per heavy atom. The van der Waals surface area contributed by atoms with Crippen LogP contribution in [0.5, 0.6) is 0 Å². The first-order chi connectivity index (χ1) is 12.3. The summed E-state index contributed by atoms with van der Waals surface area (Å²) in [6.07, 6.45) is 0.0262. The second kappa shape index (κ2) is 7.51. The molecule has 9 heteroatoms. The predicted molar refractivity (Wildman–Crippen MR) is 88.4 cm³/mol. The largest absolute Gasteiger partial charge is 0.435 e. The molecule has 0 radical (unpaired) electrons. The number of hydrogen-bond acceptors (Lipinski definition) is 3. The van der Waals surface area contributed by atoms with Gasteiger partial charge in [0.05, 0.1) is 5.69 Å². The van der Waals surface area contributed by atoms with Gasteiger partial charge < -0.3 is 5.32 Å². The van der Waals surface area contributed by atoms with Crippen molar-refractivity contribution in [3.8, 4) is 0 Å². The number of carbonyl (C=O) groups is 1. The van der Waals surface area contributed by atoms with E-state index < -0.39 is 11.9 Å². The molecule has 2 heterocycles. The fourth-order valence-corrected chi connectivity index (χ4v) is 2.81. The van der Waals surface area contributed by atoms with Gasteiger partial charge in [-0.15, -0.1) is 0 Å². The third-order valence-corrected chi connectivity index (χ3v) is 4.31. The maximum absolute atomic E-state index is 12.8. The summed E-state index contributed by atoms with van der Waals surface area (Å²) in [6, 6.07) is 3.02. The Morgan fingerprint density at radius 3 is 2.69 bits per heavy atom. The van der Waals surface area contributed by atoms with Gasteiger partial charge in [-0.2, -0.15) is 23.4 Å². The molecule has 0 atom stereocenters. The summed E-state index contributed by atoms with van der Waals surface area (Å²) >= 11 is 0. The zero-order valence-corrected chi connectivity index (χ0v) is 14.6. The Hall–Kier alpha value is -2.32. The molecule has 6 nitrogen and oxygen atoms in total. The number of amides is 1. The van der Waals surface area contributed by atoms with Crippen LogP contribution in [-0.4, -0.2) is 32.0 Å². The first-order valence-electron chi connectivity index (χ1n) is 8.74. The molecule has 3 rings (SSSR count). The van der Waals surface area contributed by atoms with Crippen LogP contribution < -0.4 is 5.32 Å². The molecule has 0 unspecified atom stereocenters. The van der Waals surface area contributed by atoms with Crippen LogP contribution in [0.25, 0.3) is 0 Å². The minimum atomic E-state index is -4.46. The topological polar surface area (TPSA) is 64.7 Å². The molecule has 1 fully saturated rings. The van der Waals surface area contributed by atoms with Crippen molar-refractivity contribution >= 4 is 5.91 Å². The van der Waals surface area contributed by atoms with E-state index in [1.54, 1.807) is 0 Å². The number of alkyl halides is 3. The predicted octanol–water partition coefficient (Wildman–Crippen LogP) is 2.88. The molecule has 26 heavy (non-hydrogen) atoms. The summed E-state index contributed by atoms with van der Waals surface area (Å²) in [4.78, 5) is 11.9. The molecule has 0 spiro atoms. The van der Waals surface area contributed by atoms with Gasteiger partial charge >= 0.3 is 6.18 Å². The number of rotatable bonds is 8. The summed E-state index contributed by atoms with van der Waals surface area (Å²) < 4.78 is 41.7. The van der Waals surface area contributed by atoms with E-state index in [0.717, 1.165) is 31.0 Å². The summed E-state index contributed by atoms with van der Waals surface area (Å²) in [5.41, 5.74) is 0.645. The summed E-state index contributed by atoms with van der Waals surface area (Å²) in [5, 5.41) is 10.7. The average Bonchev–Trinajstić information content (AvgIpc) is 3.18. The number of aryl methyl sites for hydroxylation is 3. The number of aromatic nitrogens is 4. The average molecular weight is 369 g/mol. The van der Waals surface area contributed by atoms with Crippen molar-refractivity contribution in [2.45, 2.75) is 57.8 Å². The molecule has 1 saturated carbocycles. The molecule has 2 aromatic heterocycles. The smallest absolute Gasteiger partial charge is 0.356 e. The SMILES string of the molecule is Cc1ccn(CCCNC(=O)CCn2nc(C(F)(F)F)cc2C2CC2)n1. The number of nitrogens with one attached hydrogen (secondary N) is 1. The number of halogens is 3. The van der Waals surface area contributed by atoms with E-state index in [2.05, 4.69) is 15.5 Å². The lowest BCUT2D eigenvalue weighted by atomic mass is 10.2. The van der Waals surface area contributed by atoms with Gasteiger partial charge in [-0.25, -0.2) is 0 Å². The van der Waals surface area contributed by atoms with Crippen LogP contribution in [0, 0.1) is 6.92 Å². The van der Waals surface area contributed by atoms with Gasteiger partial charge in [0, 0.05) is 43.9 Å². The van der Waals surface area contributed by atoms with Crippen LogP contribution in [-0.2, 0) is 24.1 Å². The molecule has 1 N–H and O–H groups in total. The van der Waals surface area contributed by atoms with E-state index in [9.17, 15) is 18.0 Å². The van der Waals surface area contributed by atoms with Gasteiger partial charge in [0.15, 0.2) is 5.69 Å². The second-order valence-corrected chi connectivity index (χ2v) is 6.62. The highest BCUT2D eigenvalue weighted by atomic mass is 19.4. The molecule has 2 aromatic rings. The fourth-order valence-electron chi connectivity index (χ4n) is 2.81. The Balaban J connectivity index is 1.44. The standard InChI is InChI=1S/C17H22F3N5O/c1-12-5-9-24(22-12)8-2-7-21-16(26)6-10-25-14(13-3-4-13)11-15(23-25)17(18,19)20/h5,9,11,13H,2-4,6-8,10H2,1H3,(H,21,26). The van der Waals surface area contributed by atoms with E-state index >= 15 is 0 Å². The minimum Gasteiger partial charge on any atom is -0.356 e. The van der Waals surface area contributed by atoms with Crippen molar-refractivity contribution in [1.82, 2.24) is 24.9 Å². The second-order valence-electron chi connectivity index (χ2n) is 6.62. The highest BCUT2D eigenvalue weighted by Crippen LogP contribution is 2.42. The van der Waals surface area contributed by atoms with Crippen molar-refractivity contribution in [2.75, 3.05) is 6.54 Å². The molecule has 0 aliphatic heterocycles. The zero-order chi connectivity index (χ0) is 18.7. The first kappa shape index (κ1) is 18.5. The molecular weight excluding hydrogens is 347 g/mol. The molecule has 0 bridgehead atoms. The summed E-state index contributed by atoms with van der Waals surface area (Å²) in [6.45, 7) is 3.27. The molecule has 1 aliphatic rings. The van der Waals surface area contributed by atoms with Crippen molar-refractivity contribution in [3.63, 3.8) is 0 Å².